The van der Waals surface area contributed by atoms with Crippen LogP contribution in [0.3, 0.4) is 0 Å². The number of aliphatic carboxylic acids is 1. The molecule has 1 saturated carbocycles. The van der Waals surface area contributed by atoms with Crippen LogP contribution in [-0.2, 0) is 22.1 Å². The number of carbonyl (C=O) groups excluding carboxylic acids is 1. The van der Waals surface area contributed by atoms with Crippen molar-refractivity contribution in [3.05, 3.63) is 45.5 Å². The number of halogens is 5. The minimum absolute atomic E-state index is 0.0457. The maximum absolute atomic E-state index is 14.4. The first-order chi connectivity index (χ1) is 18.2. The fourth-order valence-electron chi connectivity index (χ4n) is 5.49. The summed E-state index contributed by atoms with van der Waals surface area (Å²) in [4.78, 5) is 30.7. The first-order valence-electron chi connectivity index (χ1n) is 12.8. The molecule has 0 spiro atoms. The monoisotopic (exact) mass is 590 g/mol. The number of pyridine rings is 1. The molecule has 1 amide bonds. The van der Waals surface area contributed by atoms with Gasteiger partial charge in [-0.2, -0.15) is 18.3 Å². The van der Waals surface area contributed by atoms with Gasteiger partial charge in [-0.3, -0.25) is 19.3 Å². The van der Waals surface area contributed by atoms with E-state index in [1.807, 2.05) is 6.92 Å². The number of nitrogens with zero attached hydrogens (tertiary/aromatic N) is 4. The highest BCUT2D eigenvalue weighted by molar-refractivity contribution is 6.35. The molecular formula is C26H31Cl2F3N4O4. The summed E-state index contributed by atoms with van der Waals surface area (Å²) in [7, 11) is 0. The number of hydrogen-bond donors (Lipinski definition) is 1. The Morgan fingerprint density at radius 1 is 1.15 bits per heavy atom. The third-order valence-corrected chi connectivity index (χ3v) is 8.56. The Kier molecular flexibility index (Phi) is 8.54. The second-order valence-corrected chi connectivity index (χ2v) is 11.7. The molecule has 2 aromatic heterocycles. The topological polar surface area (TPSA) is 97.5 Å². The molecule has 1 aliphatic carbocycles. The Hall–Kier alpha value is -2.37. The molecule has 1 aliphatic heterocycles. The van der Waals surface area contributed by atoms with Gasteiger partial charge in [0.1, 0.15) is 0 Å². The fourth-order valence-corrected chi connectivity index (χ4v) is 6.04. The lowest BCUT2D eigenvalue weighted by atomic mass is 9.74. The Morgan fingerprint density at radius 3 is 2.33 bits per heavy atom. The molecule has 3 heterocycles. The van der Waals surface area contributed by atoms with Gasteiger partial charge in [0.05, 0.1) is 38.9 Å². The van der Waals surface area contributed by atoms with Crippen LogP contribution in [0, 0.1) is 5.41 Å². The number of hydrogen-bond acceptors (Lipinski definition) is 5. The highest BCUT2D eigenvalue weighted by Crippen LogP contribution is 2.43. The lowest BCUT2D eigenvalue weighted by Gasteiger charge is -2.35. The van der Waals surface area contributed by atoms with Gasteiger partial charge >= 0.3 is 12.1 Å². The van der Waals surface area contributed by atoms with Gasteiger partial charge in [-0.15, -0.1) is 0 Å². The minimum Gasteiger partial charge on any atom is -0.481 e. The molecule has 214 valence electrons. The number of carboxylic acid groups (broad SMARTS) is 1. The van der Waals surface area contributed by atoms with Crippen LogP contribution in [0.1, 0.15) is 80.0 Å². The van der Waals surface area contributed by atoms with Crippen molar-refractivity contribution >= 4 is 35.1 Å². The lowest BCUT2D eigenvalue weighted by Crippen LogP contribution is -2.45. The van der Waals surface area contributed by atoms with Crippen molar-refractivity contribution < 1.29 is 32.6 Å². The lowest BCUT2D eigenvalue weighted by molar-refractivity contribution is -0.152. The highest BCUT2D eigenvalue weighted by atomic mass is 35.5. The second-order valence-electron chi connectivity index (χ2n) is 10.9. The Morgan fingerprint density at radius 2 is 1.79 bits per heavy atom. The van der Waals surface area contributed by atoms with Gasteiger partial charge in [-0.1, -0.05) is 23.2 Å². The Balaban J connectivity index is 1.65. The van der Waals surface area contributed by atoms with Gasteiger partial charge in [0.15, 0.2) is 5.69 Å². The zero-order chi connectivity index (χ0) is 28.6. The molecule has 2 aromatic rings. The summed E-state index contributed by atoms with van der Waals surface area (Å²) in [6.45, 7) is 4.06. The third-order valence-electron chi connectivity index (χ3n) is 7.91. The number of alkyl halides is 3. The smallest absolute Gasteiger partial charge is 0.433 e. The van der Waals surface area contributed by atoms with Crippen LogP contribution in [0.5, 0.6) is 0 Å². The maximum atomic E-state index is 14.4. The summed E-state index contributed by atoms with van der Waals surface area (Å²) < 4.78 is 50.0. The van der Waals surface area contributed by atoms with E-state index in [4.69, 9.17) is 27.9 Å². The predicted molar refractivity (Wildman–Crippen MR) is 138 cm³/mol. The first kappa shape index (κ1) is 29.6. The average Bonchev–Trinajstić information content (AvgIpc) is 3.50. The van der Waals surface area contributed by atoms with Crippen LogP contribution in [0.2, 0.25) is 10.0 Å². The Labute approximate surface area is 234 Å². The molecule has 0 unspecified atom stereocenters. The van der Waals surface area contributed by atoms with Gasteiger partial charge < -0.3 is 14.7 Å². The standard InChI is InChI=1S/C26H31Cl2F3N4O4/c1-24(23(37)38)8-4-16(5-9-24)35-21(26(29,30)31)18(12-33-35)22(36)34(15-25(2)7-3-11-39-25)10-6-17-19(27)13-32-14-20(17)28/h12-14,16H,3-11,15H2,1-2H3,(H,37,38)/t16?,24?,25-/m1/s1. The molecule has 1 atom stereocenters. The molecule has 0 aromatic carbocycles. The van der Waals surface area contributed by atoms with Crippen LogP contribution in [0.15, 0.2) is 18.6 Å². The van der Waals surface area contributed by atoms with Gasteiger partial charge in [-0.25, -0.2) is 0 Å². The van der Waals surface area contributed by atoms with Crippen molar-refractivity contribution in [2.75, 3.05) is 19.7 Å². The summed E-state index contributed by atoms with van der Waals surface area (Å²) >= 11 is 12.5. The number of amides is 1. The fraction of sp³-hybridized carbons (Fsp3) is 0.615. The van der Waals surface area contributed by atoms with Gasteiger partial charge in [0, 0.05) is 32.1 Å². The van der Waals surface area contributed by atoms with Crippen molar-refractivity contribution in [3.8, 4) is 0 Å². The van der Waals surface area contributed by atoms with Crippen molar-refractivity contribution in [2.45, 2.75) is 76.6 Å². The molecule has 4 rings (SSSR count). The van der Waals surface area contributed by atoms with Crippen LogP contribution < -0.4 is 0 Å². The van der Waals surface area contributed by atoms with E-state index in [9.17, 15) is 27.9 Å². The maximum Gasteiger partial charge on any atom is 0.433 e. The van der Waals surface area contributed by atoms with Gasteiger partial charge in [0.25, 0.3) is 5.91 Å². The molecule has 39 heavy (non-hydrogen) atoms. The SMILES string of the molecule is CC1(C(=O)O)CCC(n2ncc(C(=O)N(CCc3c(Cl)cncc3Cl)C[C@@]3(C)CCCO3)c2C(F)(F)F)CC1. The number of ether oxygens (including phenoxy) is 1. The number of rotatable bonds is 8. The minimum atomic E-state index is -4.85. The van der Waals surface area contributed by atoms with E-state index >= 15 is 0 Å². The van der Waals surface area contributed by atoms with E-state index in [2.05, 4.69) is 10.1 Å². The van der Waals surface area contributed by atoms with E-state index < -0.39 is 46.4 Å². The molecule has 0 bridgehead atoms. The average molecular weight is 591 g/mol. The van der Waals surface area contributed by atoms with Crippen LogP contribution >= 0.6 is 23.2 Å². The van der Waals surface area contributed by atoms with Crippen molar-refractivity contribution in [1.29, 1.82) is 0 Å². The molecule has 1 N–H and O–H groups in total. The predicted octanol–water partition coefficient (Wildman–Crippen LogP) is 6.06. The number of carbonyl (C=O) groups is 2. The zero-order valence-corrected chi connectivity index (χ0v) is 23.2. The number of aromatic nitrogens is 3. The number of carboxylic acids is 1. The van der Waals surface area contributed by atoms with Crippen LogP contribution in [-0.4, -0.2) is 61.9 Å². The van der Waals surface area contributed by atoms with Crippen LogP contribution in [0.4, 0.5) is 13.2 Å². The summed E-state index contributed by atoms with van der Waals surface area (Å²) in [6.07, 6.45) is 1.42. The molecule has 2 fully saturated rings. The van der Waals surface area contributed by atoms with E-state index in [0.29, 0.717) is 28.6 Å². The molecule has 8 nitrogen and oxygen atoms in total. The largest absolute Gasteiger partial charge is 0.481 e. The van der Waals surface area contributed by atoms with Crippen molar-refractivity contribution in [3.63, 3.8) is 0 Å². The molecule has 0 radical (unpaired) electrons. The van der Waals surface area contributed by atoms with Gasteiger partial charge in [-0.05, 0) is 64.4 Å². The second kappa shape index (κ2) is 11.2. The van der Waals surface area contributed by atoms with E-state index in [-0.39, 0.29) is 45.2 Å². The zero-order valence-electron chi connectivity index (χ0n) is 21.7. The van der Waals surface area contributed by atoms with Crippen molar-refractivity contribution in [2.24, 2.45) is 5.41 Å². The molecule has 1 saturated heterocycles. The Bertz CT molecular complexity index is 1200. The highest BCUT2D eigenvalue weighted by Gasteiger charge is 2.45. The summed E-state index contributed by atoms with van der Waals surface area (Å²) in [5, 5.41) is 14.1. The van der Waals surface area contributed by atoms with E-state index in [1.54, 1.807) is 6.92 Å². The summed E-state index contributed by atoms with van der Waals surface area (Å²) in [6, 6.07) is -0.672. The van der Waals surface area contributed by atoms with E-state index in [1.165, 1.54) is 17.3 Å². The quantitative estimate of drug-likeness (QED) is 0.401. The van der Waals surface area contributed by atoms with Crippen molar-refractivity contribution in [1.82, 2.24) is 19.7 Å². The first-order valence-corrected chi connectivity index (χ1v) is 13.6. The summed E-state index contributed by atoms with van der Waals surface area (Å²) in [5.41, 5.74) is -2.84. The molecule has 2 aliphatic rings. The molecular weight excluding hydrogens is 560 g/mol. The molecule has 13 heteroatoms. The van der Waals surface area contributed by atoms with E-state index in [0.717, 1.165) is 17.3 Å². The normalized spacial score (nSPS) is 25.6. The summed E-state index contributed by atoms with van der Waals surface area (Å²) in [5.74, 6) is -1.79. The van der Waals surface area contributed by atoms with Crippen LogP contribution in [0.25, 0.3) is 0 Å². The van der Waals surface area contributed by atoms with Gasteiger partial charge in [0.2, 0.25) is 0 Å². The third kappa shape index (κ3) is 6.36.